The third-order valence-electron chi connectivity index (χ3n) is 3.16. The highest BCUT2D eigenvalue weighted by atomic mass is 16.5. The highest BCUT2D eigenvalue weighted by Gasteiger charge is 2.13. The lowest BCUT2D eigenvalue weighted by molar-refractivity contribution is -0.143. The lowest BCUT2D eigenvalue weighted by Crippen LogP contribution is -2.10. The fourth-order valence-corrected chi connectivity index (χ4v) is 2.10. The second-order valence-electron chi connectivity index (χ2n) is 4.62. The van der Waals surface area contributed by atoms with Crippen LogP contribution in [0.4, 0.5) is 0 Å². The average Bonchev–Trinajstić information content (AvgIpc) is 2.53. The molecular weight excluding hydrogens is 248 g/mol. The molecule has 1 atom stereocenters. The summed E-state index contributed by atoms with van der Waals surface area (Å²) in [6.07, 6.45) is 1.95. The zero-order valence-corrected chi connectivity index (χ0v) is 11.7. The van der Waals surface area contributed by atoms with Crippen LogP contribution in [0.1, 0.15) is 18.1 Å². The largest absolute Gasteiger partial charge is 0.469 e. The molecule has 0 aliphatic heterocycles. The van der Waals surface area contributed by atoms with E-state index in [1.54, 1.807) is 0 Å². The minimum Gasteiger partial charge on any atom is -0.469 e. The average molecular weight is 266 g/mol. The Bertz CT molecular complexity index is 544. The van der Waals surface area contributed by atoms with Crippen LogP contribution < -0.4 is 0 Å². The zero-order valence-electron chi connectivity index (χ0n) is 11.7. The Hall–Kier alpha value is -2.35. The molecule has 0 aliphatic carbocycles. The first-order chi connectivity index (χ1) is 9.72. The van der Waals surface area contributed by atoms with Crippen LogP contribution in [0.2, 0.25) is 0 Å². The summed E-state index contributed by atoms with van der Waals surface area (Å²) in [5.41, 5.74) is 3.23. The number of ether oxygens (including phenoxy) is 1. The topological polar surface area (TPSA) is 26.3 Å². The molecule has 0 heterocycles. The van der Waals surface area contributed by atoms with Crippen LogP contribution in [0, 0.1) is 5.92 Å². The van der Waals surface area contributed by atoms with Gasteiger partial charge in [-0.25, -0.2) is 0 Å². The van der Waals surface area contributed by atoms with Crippen molar-refractivity contribution in [3.8, 4) is 0 Å². The van der Waals surface area contributed by atoms with E-state index in [9.17, 15) is 4.79 Å². The van der Waals surface area contributed by atoms with Crippen LogP contribution in [0.3, 0.4) is 0 Å². The Morgan fingerprint density at radius 1 is 0.950 bits per heavy atom. The molecule has 0 spiro atoms. The molecule has 0 aliphatic rings. The van der Waals surface area contributed by atoms with Gasteiger partial charge in [0.1, 0.15) is 0 Å². The number of carbonyl (C=O) groups is 1. The van der Waals surface area contributed by atoms with E-state index < -0.39 is 0 Å². The lowest BCUT2D eigenvalue weighted by atomic mass is 9.94. The van der Waals surface area contributed by atoms with E-state index in [1.807, 2.05) is 73.7 Å². The molecule has 102 valence electrons. The van der Waals surface area contributed by atoms with Crippen molar-refractivity contribution in [1.82, 2.24) is 0 Å². The number of esters is 1. The predicted molar refractivity (Wildman–Crippen MR) is 81.1 cm³/mol. The molecule has 2 aromatic carbocycles. The Morgan fingerprint density at radius 2 is 1.40 bits per heavy atom. The van der Waals surface area contributed by atoms with Crippen LogP contribution >= 0.6 is 0 Å². The maximum absolute atomic E-state index is 11.6. The van der Waals surface area contributed by atoms with Gasteiger partial charge in [0.25, 0.3) is 0 Å². The summed E-state index contributed by atoms with van der Waals surface area (Å²) < 4.78 is 4.80. The smallest absolute Gasteiger partial charge is 0.312 e. The summed E-state index contributed by atoms with van der Waals surface area (Å²) >= 11 is 0. The highest BCUT2D eigenvalue weighted by molar-refractivity contribution is 5.84. The summed E-state index contributed by atoms with van der Waals surface area (Å²) in [4.78, 5) is 11.6. The molecule has 0 bridgehead atoms. The van der Waals surface area contributed by atoms with Gasteiger partial charge in [0, 0.05) is 0 Å². The SMILES string of the molecule is COC(=O)C(C)C=C(c1ccccc1)c1ccccc1. The first-order valence-electron chi connectivity index (χ1n) is 6.63. The van der Waals surface area contributed by atoms with Crippen molar-refractivity contribution in [2.45, 2.75) is 6.92 Å². The number of hydrogen-bond acceptors (Lipinski definition) is 2. The van der Waals surface area contributed by atoms with Gasteiger partial charge < -0.3 is 4.74 Å². The van der Waals surface area contributed by atoms with Gasteiger partial charge >= 0.3 is 5.97 Å². The van der Waals surface area contributed by atoms with Gasteiger partial charge in [-0.15, -0.1) is 0 Å². The molecule has 0 amide bonds. The third-order valence-corrected chi connectivity index (χ3v) is 3.16. The van der Waals surface area contributed by atoms with Gasteiger partial charge in [-0.1, -0.05) is 66.7 Å². The van der Waals surface area contributed by atoms with Gasteiger partial charge in [-0.3, -0.25) is 4.79 Å². The Kier molecular flexibility index (Phi) is 4.72. The fourth-order valence-electron chi connectivity index (χ4n) is 2.10. The molecule has 2 heteroatoms. The van der Waals surface area contributed by atoms with E-state index in [0.29, 0.717) is 0 Å². The third kappa shape index (κ3) is 3.35. The molecule has 0 saturated heterocycles. The van der Waals surface area contributed by atoms with Crippen molar-refractivity contribution in [3.63, 3.8) is 0 Å². The van der Waals surface area contributed by atoms with Crippen LogP contribution in [0.25, 0.3) is 5.57 Å². The molecule has 0 aromatic heterocycles. The van der Waals surface area contributed by atoms with Crippen LogP contribution in [0.5, 0.6) is 0 Å². The van der Waals surface area contributed by atoms with Crippen molar-refractivity contribution in [3.05, 3.63) is 77.9 Å². The number of hydrogen-bond donors (Lipinski definition) is 0. The van der Waals surface area contributed by atoms with Crippen molar-refractivity contribution in [2.24, 2.45) is 5.92 Å². The van der Waals surface area contributed by atoms with E-state index in [-0.39, 0.29) is 11.9 Å². The van der Waals surface area contributed by atoms with E-state index >= 15 is 0 Å². The predicted octanol–water partition coefficient (Wildman–Crippen LogP) is 3.93. The molecule has 0 N–H and O–H groups in total. The minimum absolute atomic E-state index is 0.227. The zero-order chi connectivity index (χ0) is 14.4. The maximum Gasteiger partial charge on any atom is 0.312 e. The van der Waals surface area contributed by atoms with Crippen molar-refractivity contribution >= 4 is 11.5 Å². The van der Waals surface area contributed by atoms with Gasteiger partial charge in [-0.2, -0.15) is 0 Å². The maximum atomic E-state index is 11.6. The quantitative estimate of drug-likeness (QED) is 0.784. The molecule has 20 heavy (non-hydrogen) atoms. The van der Waals surface area contributed by atoms with E-state index in [0.717, 1.165) is 16.7 Å². The van der Waals surface area contributed by atoms with E-state index in [2.05, 4.69) is 0 Å². The first kappa shape index (κ1) is 14.1. The second kappa shape index (κ2) is 6.71. The van der Waals surface area contributed by atoms with Gasteiger partial charge in [0.15, 0.2) is 0 Å². The molecule has 2 aromatic rings. The molecule has 1 unspecified atom stereocenters. The number of methoxy groups -OCH3 is 1. The summed E-state index contributed by atoms with van der Waals surface area (Å²) in [6.45, 7) is 1.84. The molecule has 2 nitrogen and oxygen atoms in total. The summed E-state index contributed by atoms with van der Waals surface area (Å²) in [6, 6.07) is 20.1. The Morgan fingerprint density at radius 3 is 1.80 bits per heavy atom. The summed E-state index contributed by atoms with van der Waals surface area (Å²) in [5.74, 6) is -0.509. The van der Waals surface area contributed by atoms with Crippen LogP contribution in [0.15, 0.2) is 66.7 Å². The summed E-state index contributed by atoms with van der Waals surface area (Å²) in [7, 11) is 1.41. The normalized spacial score (nSPS) is 11.5. The van der Waals surface area contributed by atoms with Gasteiger partial charge in [0.2, 0.25) is 0 Å². The van der Waals surface area contributed by atoms with Crippen molar-refractivity contribution in [1.29, 1.82) is 0 Å². The standard InChI is InChI=1S/C18H18O2/c1-14(18(19)20-2)13-17(15-9-5-3-6-10-15)16-11-7-4-8-12-16/h3-14H,1-2H3. The molecule has 0 radical (unpaired) electrons. The van der Waals surface area contributed by atoms with E-state index in [4.69, 9.17) is 4.74 Å². The summed E-state index contributed by atoms with van der Waals surface area (Å²) in [5, 5.41) is 0. The number of benzene rings is 2. The van der Waals surface area contributed by atoms with Crippen molar-refractivity contribution in [2.75, 3.05) is 7.11 Å². The van der Waals surface area contributed by atoms with Gasteiger partial charge in [0.05, 0.1) is 13.0 Å². The molecule has 0 saturated carbocycles. The van der Waals surface area contributed by atoms with E-state index in [1.165, 1.54) is 7.11 Å². The van der Waals surface area contributed by atoms with Gasteiger partial charge in [-0.05, 0) is 23.6 Å². The minimum atomic E-state index is -0.282. The molecule has 0 fully saturated rings. The Labute approximate surface area is 119 Å². The van der Waals surface area contributed by atoms with Crippen LogP contribution in [-0.4, -0.2) is 13.1 Å². The highest BCUT2D eigenvalue weighted by Crippen LogP contribution is 2.25. The number of carbonyl (C=O) groups excluding carboxylic acids is 1. The first-order valence-corrected chi connectivity index (χ1v) is 6.63. The van der Waals surface area contributed by atoms with Crippen LogP contribution in [-0.2, 0) is 9.53 Å². The second-order valence-corrected chi connectivity index (χ2v) is 4.62. The molecule has 2 rings (SSSR count). The Balaban J connectivity index is 2.45. The van der Waals surface area contributed by atoms with Crippen molar-refractivity contribution < 1.29 is 9.53 Å². The molecular formula is C18H18O2. The monoisotopic (exact) mass is 266 g/mol. The fraction of sp³-hybridized carbons (Fsp3) is 0.167. The number of rotatable bonds is 4. The lowest BCUT2D eigenvalue weighted by Gasteiger charge is -2.11.